The van der Waals surface area contributed by atoms with Gasteiger partial charge in [0.2, 0.25) is 0 Å². The SMILES string of the molecule is COC(C)CNc1ccc(N)c2cnc(C)cc12. The van der Waals surface area contributed by atoms with Crippen LogP contribution in [0.2, 0.25) is 0 Å². The van der Waals surface area contributed by atoms with Crippen molar-refractivity contribution in [2.75, 3.05) is 24.7 Å². The highest BCUT2D eigenvalue weighted by atomic mass is 16.5. The third-order valence-corrected chi connectivity index (χ3v) is 3.05. The third kappa shape index (κ3) is 2.54. The lowest BCUT2D eigenvalue weighted by Gasteiger charge is -2.14. The Kier molecular flexibility index (Phi) is 3.67. The monoisotopic (exact) mass is 245 g/mol. The van der Waals surface area contributed by atoms with Crippen LogP contribution in [-0.4, -0.2) is 24.7 Å². The molecule has 0 radical (unpaired) electrons. The van der Waals surface area contributed by atoms with Crippen LogP contribution in [0, 0.1) is 6.92 Å². The van der Waals surface area contributed by atoms with Gasteiger partial charge < -0.3 is 15.8 Å². The quantitative estimate of drug-likeness (QED) is 0.813. The number of benzene rings is 1. The summed E-state index contributed by atoms with van der Waals surface area (Å²) in [7, 11) is 1.71. The van der Waals surface area contributed by atoms with Gasteiger partial charge in [-0.2, -0.15) is 0 Å². The second-order valence-corrected chi connectivity index (χ2v) is 4.50. The molecule has 0 fully saturated rings. The van der Waals surface area contributed by atoms with Crippen LogP contribution in [-0.2, 0) is 4.74 Å². The first-order valence-corrected chi connectivity index (χ1v) is 6.03. The Morgan fingerprint density at radius 3 is 2.89 bits per heavy atom. The molecule has 1 unspecified atom stereocenters. The molecule has 0 aliphatic carbocycles. The summed E-state index contributed by atoms with van der Waals surface area (Å²) >= 11 is 0. The summed E-state index contributed by atoms with van der Waals surface area (Å²) in [5, 5.41) is 5.47. The number of nitrogens with one attached hydrogen (secondary N) is 1. The number of aryl methyl sites for hydroxylation is 1. The fourth-order valence-electron chi connectivity index (χ4n) is 1.86. The van der Waals surface area contributed by atoms with Crippen LogP contribution in [0.5, 0.6) is 0 Å². The number of fused-ring (bicyclic) bond motifs is 1. The fraction of sp³-hybridized carbons (Fsp3) is 0.357. The molecule has 2 aromatic rings. The zero-order valence-corrected chi connectivity index (χ0v) is 11.0. The standard InChI is InChI=1S/C14H19N3O/c1-9-6-11-12(8-16-9)13(15)4-5-14(11)17-7-10(2)18-3/h4-6,8,10,17H,7,15H2,1-3H3. The predicted octanol–water partition coefficient (Wildman–Crippen LogP) is 2.57. The van der Waals surface area contributed by atoms with Crippen LogP contribution in [0.1, 0.15) is 12.6 Å². The molecule has 0 amide bonds. The van der Waals surface area contributed by atoms with Gasteiger partial charge >= 0.3 is 0 Å². The zero-order chi connectivity index (χ0) is 13.1. The maximum atomic E-state index is 5.96. The number of hydrogen-bond acceptors (Lipinski definition) is 4. The maximum Gasteiger partial charge on any atom is 0.0715 e. The lowest BCUT2D eigenvalue weighted by atomic mass is 10.1. The minimum absolute atomic E-state index is 0.167. The van der Waals surface area contributed by atoms with Crippen molar-refractivity contribution >= 4 is 22.1 Å². The number of nitrogen functional groups attached to an aromatic ring is 1. The van der Waals surface area contributed by atoms with E-state index in [0.717, 1.165) is 34.4 Å². The van der Waals surface area contributed by atoms with Gasteiger partial charge in [0.05, 0.1) is 6.10 Å². The molecular weight excluding hydrogens is 226 g/mol. The lowest BCUT2D eigenvalue weighted by molar-refractivity contribution is 0.129. The molecule has 1 heterocycles. The summed E-state index contributed by atoms with van der Waals surface area (Å²) in [6.07, 6.45) is 1.99. The highest BCUT2D eigenvalue weighted by Gasteiger charge is 2.06. The predicted molar refractivity (Wildman–Crippen MR) is 75.9 cm³/mol. The Labute approximate surface area is 107 Å². The van der Waals surface area contributed by atoms with Crippen molar-refractivity contribution < 1.29 is 4.74 Å². The molecule has 18 heavy (non-hydrogen) atoms. The Hall–Kier alpha value is -1.81. The van der Waals surface area contributed by atoms with E-state index in [2.05, 4.69) is 10.3 Å². The number of hydrogen-bond donors (Lipinski definition) is 2. The van der Waals surface area contributed by atoms with Crippen molar-refractivity contribution in [1.29, 1.82) is 0 Å². The van der Waals surface area contributed by atoms with Crippen molar-refractivity contribution in [2.24, 2.45) is 0 Å². The lowest BCUT2D eigenvalue weighted by Crippen LogP contribution is -2.18. The molecule has 0 saturated carbocycles. The van der Waals surface area contributed by atoms with Gasteiger partial charge in [-0.15, -0.1) is 0 Å². The summed E-state index contributed by atoms with van der Waals surface area (Å²) < 4.78 is 5.23. The highest BCUT2D eigenvalue weighted by Crippen LogP contribution is 2.28. The summed E-state index contributed by atoms with van der Waals surface area (Å²) in [5.74, 6) is 0. The second-order valence-electron chi connectivity index (χ2n) is 4.50. The Bertz CT molecular complexity index is 554. The molecule has 1 aromatic carbocycles. The van der Waals surface area contributed by atoms with Crippen LogP contribution < -0.4 is 11.1 Å². The van der Waals surface area contributed by atoms with Crippen molar-refractivity contribution in [2.45, 2.75) is 20.0 Å². The van der Waals surface area contributed by atoms with E-state index >= 15 is 0 Å². The molecule has 0 aliphatic rings. The van der Waals surface area contributed by atoms with Crippen LogP contribution >= 0.6 is 0 Å². The van der Waals surface area contributed by atoms with Crippen LogP contribution in [0.3, 0.4) is 0 Å². The molecule has 96 valence electrons. The van der Waals surface area contributed by atoms with Crippen LogP contribution in [0.4, 0.5) is 11.4 Å². The molecule has 0 saturated heterocycles. The summed E-state index contributed by atoms with van der Waals surface area (Å²) in [5.41, 5.74) is 8.76. The largest absolute Gasteiger partial charge is 0.398 e. The van der Waals surface area contributed by atoms with Crippen molar-refractivity contribution in [3.8, 4) is 0 Å². The first-order chi connectivity index (χ1) is 8.61. The van der Waals surface area contributed by atoms with Gasteiger partial charge in [-0.1, -0.05) is 0 Å². The average molecular weight is 245 g/mol. The molecule has 2 rings (SSSR count). The van der Waals surface area contributed by atoms with E-state index in [1.807, 2.05) is 38.2 Å². The van der Waals surface area contributed by atoms with E-state index < -0.39 is 0 Å². The molecule has 1 atom stereocenters. The summed E-state index contributed by atoms with van der Waals surface area (Å²) in [4.78, 5) is 4.29. The molecule has 0 bridgehead atoms. The van der Waals surface area contributed by atoms with E-state index in [1.165, 1.54) is 0 Å². The van der Waals surface area contributed by atoms with Gasteiger partial charge in [-0.25, -0.2) is 0 Å². The Balaban J connectivity index is 2.38. The summed E-state index contributed by atoms with van der Waals surface area (Å²) in [6, 6.07) is 5.95. The van der Waals surface area contributed by atoms with Crippen molar-refractivity contribution in [1.82, 2.24) is 4.98 Å². The Morgan fingerprint density at radius 2 is 2.17 bits per heavy atom. The molecular formula is C14H19N3O. The van der Waals surface area contributed by atoms with Gasteiger partial charge in [0.1, 0.15) is 0 Å². The van der Waals surface area contributed by atoms with E-state index in [1.54, 1.807) is 7.11 Å². The number of ether oxygens (including phenoxy) is 1. The number of methoxy groups -OCH3 is 1. The number of anilines is 2. The van der Waals surface area contributed by atoms with E-state index in [4.69, 9.17) is 10.5 Å². The topological polar surface area (TPSA) is 60.2 Å². The van der Waals surface area contributed by atoms with Gasteiger partial charge in [0.25, 0.3) is 0 Å². The molecule has 3 N–H and O–H groups in total. The van der Waals surface area contributed by atoms with Gasteiger partial charge in [-0.05, 0) is 32.0 Å². The maximum absolute atomic E-state index is 5.96. The molecule has 0 aliphatic heterocycles. The number of rotatable bonds is 4. The van der Waals surface area contributed by atoms with Gasteiger partial charge in [-0.3, -0.25) is 4.98 Å². The molecule has 1 aromatic heterocycles. The van der Waals surface area contributed by atoms with Crippen molar-refractivity contribution in [3.05, 3.63) is 30.1 Å². The zero-order valence-electron chi connectivity index (χ0n) is 11.0. The number of aromatic nitrogens is 1. The average Bonchev–Trinajstić information content (AvgIpc) is 2.37. The minimum Gasteiger partial charge on any atom is -0.398 e. The van der Waals surface area contributed by atoms with Gasteiger partial charge in [0, 0.05) is 47.7 Å². The van der Waals surface area contributed by atoms with Crippen LogP contribution in [0.15, 0.2) is 24.4 Å². The first kappa shape index (κ1) is 12.6. The van der Waals surface area contributed by atoms with E-state index in [9.17, 15) is 0 Å². The smallest absolute Gasteiger partial charge is 0.0715 e. The Morgan fingerprint density at radius 1 is 1.39 bits per heavy atom. The highest BCUT2D eigenvalue weighted by molar-refractivity contribution is 6.00. The fourth-order valence-corrected chi connectivity index (χ4v) is 1.86. The van der Waals surface area contributed by atoms with Gasteiger partial charge in [0.15, 0.2) is 0 Å². The van der Waals surface area contributed by atoms with Crippen molar-refractivity contribution in [3.63, 3.8) is 0 Å². The molecule has 4 nitrogen and oxygen atoms in total. The summed E-state index contributed by atoms with van der Waals surface area (Å²) in [6.45, 7) is 4.76. The molecule has 4 heteroatoms. The number of nitrogens with two attached hydrogens (primary N) is 1. The second kappa shape index (κ2) is 5.23. The number of nitrogens with zero attached hydrogens (tertiary/aromatic N) is 1. The number of pyridine rings is 1. The van der Waals surface area contributed by atoms with E-state index in [-0.39, 0.29) is 6.10 Å². The normalized spacial score (nSPS) is 12.6. The molecule has 0 spiro atoms. The first-order valence-electron chi connectivity index (χ1n) is 6.03. The third-order valence-electron chi connectivity index (χ3n) is 3.05. The minimum atomic E-state index is 0.167. The van der Waals surface area contributed by atoms with Crippen LogP contribution in [0.25, 0.3) is 10.8 Å². The van der Waals surface area contributed by atoms with E-state index in [0.29, 0.717) is 0 Å².